The number of benzene rings is 2. The first kappa shape index (κ1) is 20.8. The highest BCUT2D eigenvalue weighted by molar-refractivity contribution is 6.43. The molecule has 2 heterocycles. The summed E-state index contributed by atoms with van der Waals surface area (Å²) in [7, 11) is 0. The van der Waals surface area contributed by atoms with Crippen molar-refractivity contribution in [2.45, 2.75) is 12.8 Å². The zero-order valence-corrected chi connectivity index (χ0v) is 17.9. The Labute approximate surface area is 185 Å². The van der Waals surface area contributed by atoms with Crippen molar-refractivity contribution in [2.24, 2.45) is 0 Å². The maximum Gasteiger partial charge on any atom is 0.255 e. The number of carbonyl (C=O) groups excluding carboxylic acids is 2. The molecule has 0 atom stereocenters. The second-order valence-electron chi connectivity index (χ2n) is 7.25. The molecular formula is C22H22Cl2N2O4. The molecular weight excluding hydrogens is 427 g/mol. The number of hydrogen-bond acceptors (Lipinski definition) is 4. The van der Waals surface area contributed by atoms with Crippen LogP contribution in [0.3, 0.4) is 0 Å². The molecule has 4 rings (SSSR count). The number of aryl methyl sites for hydroxylation is 1. The van der Waals surface area contributed by atoms with Gasteiger partial charge in [0.2, 0.25) is 5.91 Å². The predicted molar refractivity (Wildman–Crippen MR) is 115 cm³/mol. The molecule has 2 aliphatic rings. The van der Waals surface area contributed by atoms with Crippen molar-refractivity contribution in [3.8, 4) is 11.5 Å². The number of ether oxygens (including phenoxy) is 2. The Kier molecular flexibility index (Phi) is 6.35. The molecule has 1 saturated heterocycles. The summed E-state index contributed by atoms with van der Waals surface area (Å²) in [6.07, 6.45) is 1.04. The van der Waals surface area contributed by atoms with Crippen molar-refractivity contribution in [1.82, 2.24) is 9.80 Å². The molecule has 2 amide bonds. The molecule has 0 N–H and O–H groups in total. The molecule has 2 aromatic carbocycles. The van der Waals surface area contributed by atoms with E-state index in [1.165, 1.54) is 0 Å². The fourth-order valence-electron chi connectivity index (χ4n) is 3.65. The predicted octanol–water partition coefficient (Wildman–Crippen LogP) is 3.68. The van der Waals surface area contributed by atoms with Crippen molar-refractivity contribution in [2.75, 3.05) is 39.4 Å². The summed E-state index contributed by atoms with van der Waals surface area (Å²) >= 11 is 12.2. The number of fused-ring (bicyclic) bond motifs is 1. The molecule has 2 aromatic rings. The van der Waals surface area contributed by atoms with Gasteiger partial charge in [-0.3, -0.25) is 9.59 Å². The lowest BCUT2D eigenvalue weighted by molar-refractivity contribution is -0.132. The van der Waals surface area contributed by atoms with Gasteiger partial charge in [-0.05, 0) is 36.2 Å². The van der Waals surface area contributed by atoms with Crippen LogP contribution >= 0.6 is 23.2 Å². The molecule has 0 aromatic heterocycles. The van der Waals surface area contributed by atoms with E-state index in [-0.39, 0.29) is 16.8 Å². The minimum absolute atomic E-state index is 0.0813. The van der Waals surface area contributed by atoms with Gasteiger partial charge in [-0.1, -0.05) is 35.3 Å². The van der Waals surface area contributed by atoms with Crippen LogP contribution in [-0.4, -0.2) is 61.0 Å². The van der Waals surface area contributed by atoms with E-state index < -0.39 is 0 Å². The molecule has 30 heavy (non-hydrogen) atoms. The molecule has 158 valence electrons. The number of carbonyl (C=O) groups is 2. The van der Waals surface area contributed by atoms with Crippen LogP contribution in [0.2, 0.25) is 10.0 Å². The third kappa shape index (κ3) is 4.50. The van der Waals surface area contributed by atoms with Gasteiger partial charge in [0.25, 0.3) is 5.91 Å². The lowest BCUT2D eigenvalue weighted by Gasteiger charge is -2.35. The summed E-state index contributed by atoms with van der Waals surface area (Å²) < 4.78 is 11.1. The van der Waals surface area contributed by atoms with Crippen LogP contribution in [0.1, 0.15) is 22.3 Å². The number of nitrogens with zero attached hydrogens (tertiary/aromatic N) is 2. The molecule has 8 heteroatoms. The number of piperazine rings is 1. The van der Waals surface area contributed by atoms with Crippen molar-refractivity contribution < 1.29 is 19.1 Å². The Morgan fingerprint density at radius 2 is 1.60 bits per heavy atom. The lowest BCUT2D eigenvalue weighted by Crippen LogP contribution is -2.50. The number of hydrogen-bond donors (Lipinski definition) is 0. The Balaban J connectivity index is 1.29. The Bertz CT molecular complexity index is 958. The molecule has 0 aliphatic carbocycles. The van der Waals surface area contributed by atoms with Gasteiger partial charge in [-0.25, -0.2) is 0 Å². The van der Waals surface area contributed by atoms with Crippen LogP contribution in [0.5, 0.6) is 11.5 Å². The molecule has 6 nitrogen and oxygen atoms in total. The highest BCUT2D eigenvalue weighted by Crippen LogP contribution is 2.31. The van der Waals surface area contributed by atoms with Crippen molar-refractivity contribution in [3.05, 3.63) is 57.6 Å². The average Bonchev–Trinajstić information content (AvgIpc) is 2.79. The third-order valence-corrected chi connectivity index (χ3v) is 6.15. The zero-order valence-electron chi connectivity index (χ0n) is 16.4. The summed E-state index contributed by atoms with van der Waals surface area (Å²) in [5.41, 5.74) is 1.43. The maximum absolute atomic E-state index is 12.7. The van der Waals surface area contributed by atoms with Gasteiger partial charge >= 0.3 is 0 Å². The Morgan fingerprint density at radius 1 is 0.900 bits per heavy atom. The number of rotatable bonds is 4. The van der Waals surface area contributed by atoms with Crippen LogP contribution in [0.25, 0.3) is 0 Å². The SMILES string of the molecule is O=C(CCc1ccc2c(c1)OCCO2)N1CCN(C(=O)c2cccc(Cl)c2Cl)CC1. The minimum atomic E-state index is -0.161. The van der Waals surface area contributed by atoms with Gasteiger partial charge in [0.05, 0.1) is 15.6 Å². The van der Waals surface area contributed by atoms with Crippen LogP contribution in [-0.2, 0) is 11.2 Å². The normalized spacial score (nSPS) is 15.8. The molecule has 0 saturated carbocycles. The second-order valence-corrected chi connectivity index (χ2v) is 8.04. The topological polar surface area (TPSA) is 59.1 Å². The van der Waals surface area contributed by atoms with Gasteiger partial charge in [-0.15, -0.1) is 0 Å². The van der Waals surface area contributed by atoms with E-state index in [0.717, 1.165) is 17.1 Å². The quantitative estimate of drug-likeness (QED) is 0.715. The van der Waals surface area contributed by atoms with E-state index in [4.69, 9.17) is 32.7 Å². The first-order valence-corrected chi connectivity index (χ1v) is 10.7. The van der Waals surface area contributed by atoms with Crippen LogP contribution in [0, 0.1) is 0 Å². The van der Waals surface area contributed by atoms with Gasteiger partial charge < -0.3 is 19.3 Å². The van der Waals surface area contributed by atoms with Crippen molar-refractivity contribution in [1.29, 1.82) is 0 Å². The van der Waals surface area contributed by atoms with E-state index in [1.807, 2.05) is 18.2 Å². The number of amides is 2. The van der Waals surface area contributed by atoms with E-state index in [0.29, 0.717) is 62.8 Å². The van der Waals surface area contributed by atoms with Crippen LogP contribution in [0.15, 0.2) is 36.4 Å². The van der Waals surface area contributed by atoms with Gasteiger partial charge in [0.15, 0.2) is 11.5 Å². The van der Waals surface area contributed by atoms with Gasteiger partial charge in [0, 0.05) is 32.6 Å². The van der Waals surface area contributed by atoms with Gasteiger partial charge in [0.1, 0.15) is 13.2 Å². The first-order valence-electron chi connectivity index (χ1n) is 9.92. The second kappa shape index (κ2) is 9.14. The highest BCUT2D eigenvalue weighted by Gasteiger charge is 2.26. The largest absolute Gasteiger partial charge is 0.486 e. The summed E-state index contributed by atoms with van der Waals surface area (Å²) in [6, 6.07) is 10.8. The molecule has 0 radical (unpaired) electrons. The fraction of sp³-hybridized carbons (Fsp3) is 0.364. The van der Waals surface area contributed by atoms with E-state index in [1.54, 1.807) is 28.0 Å². The van der Waals surface area contributed by atoms with E-state index in [2.05, 4.69) is 0 Å². The zero-order chi connectivity index (χ0) is 21.1. The van der Waals surface area contributed by atoms with Gasteiger partial charge in [-0.2, -0.15) is 0 Å². The highest BCUT2D eigenvalue weighted by atomic mass is 35.5. The van der Waals surface area contributed by atoms with E-state index >= 15 is 0 Å². The molecule has 0 spiro atoms. The fourth-order valence-corrected chi connectivity index (χ4v) is 4.03. The molecule has 2 aliphatic heterocycles. The Hall–Kier alpha value is -2.44. The van der Waals surface area contributed by atoms with Crippen molar-refractivity contribution in [3.63, 3.8) is 0 Å². The maximum atomic E-state index is 12.7. The molecule has 0 bridgehead atoms. The monoisotopic (exact) mass is 448 g/mol. The van der Waals surface area contributed by atoms with E-state index in [9.17, 15) is 9.59 Å². The third-order valence-electron chi connectivity index (χ3n) is 5.34. The Morgan fingerprint density at radius 3 is 2.37 bits per heavy atom. The summed E-state index contributed by atoms with van der Waals surface area (Å²) in [5.74, 6) is 1.40. The lowest BCUT2D eigenvalue weighted by atomic mass is 10.1. The standard InChI is InChI=1S/C22H22Cl2N2O4/c23-17-3-1-2-16(21(17)24)22(28)26-10-8-25(9-11-26)20(27)7-5-15-4-6-18-19(14-15)30-13-12-29-18/h1-4,6,14H,5,7-13H2. The molecule has 1 fully saturated rings. The van der Waals surface area contributed by atoms with Crippen LogP contribution in [0.4, 0.5) is 0 Å². The molecule has 0 unspecified atom stereocenters. The first-order chi connectivity index (χ1) is 14.5. The average molecular weight is 449 g/mol. The van der Waals surface area contributed by atoms with Crippen LogP contribution < -0.4 is 9.47 Å². The minimum Gasteiger partial charge on any atom is -0.486 e. The number of halogens is 2. The summed E-state index contributed by atoms with van der Waals surface area (Å²) in [5, 5.41) is 0.623. The smallest absolute Gasteiger partial charge is 0.255 e. The summed E-state index contributed by atoms with van der Waals surface area (Å²) in [4.78, 5) is 28.9. The van der Waals surface area contributed by atoms with Crippen molar-refractivity contribution >= 4 is 35.0 Å². The summed E-state index contributed by atoms with van der Waals surface area (Å²) in [6.45, 7) is 3.05.